The molecule has 1 atom stereocenters. The van der Waals surface area contributed by atoms with E-state index < -0.39 is 0 Å². The average Bonchev–Trinajstić information content (AvgIpc) is 2.43. The fraction of sp³-hybridized carbons (Fsp3) is 0.600. The molecule has 0 aromatic heterocycles. The van der Waals surface area contributed by atoms with Crippen LogP contribution in [-0.2, 0) is 11.3 Å². The van der Waals surface area contributed by atoms with Gasteiger partial charge in [-0.25, -0.2) is 0 Å². The van der Waals surface area contributed by atoms with E-state index in [1.807, 2.05) is 12.1 Å². The van der Waals surface area contributed by atoms with E-state index in [0.717, 1.165) is 30.1 Å². The molecule has 0 aliphatic carbocycles. The van der Waals surface area contributed by atoms with Gasteiger partial charge in [0.1, 0.15) is 0 Å². The van der Waals surface area contributed by atoms with Crippen LogP contribution in [0.2, 0.25) is 5.02 Å². The van der Waals surface area contributed by atoms with Crippen molar-refractivity contribution >= 4 is 17.3 Å². The molecule has 1 N–H and O–H groups in total. The van der Waals surface area contributed by atoms with E-state index in [9.17, 15) is 0 Å². The molecule has 1 aromatic rings. The molecule has 0 amide bonds. The van der Waals surface area contributed by atoms with Crippen LogP contribution in [0, 0.1) is 0 Å². The van der Waals surface area contributed by atoms with Crippen molar-refractivity contribution in [1.82, 2.24) is 5.32 Å². The fourth-order valence-corrected chi connectivity index (χ4v) is 2.19. The van der Waals surface area contributed by atoms with E-state index in [2.05, 4.69) is 37.2 Å². The van der Waals surface area contributed by atoms with Crippen LogP contribution in [-0.4, -0.2) is 33.4 Å². The van der Waals surface area contributed by atoms with Gasteiger partial charge in [-0.2, -0.15) is 0 Å². The molecule has 0 radical (unpaired) electrons. The summed E-state index contributed by atoms with van der Waals surface area (Å²) < 4.78 is 5.04. The van der Waals surface area contributed by atoms with E-state index >= 15 is 0 Å². The van der Waals surface area contributed by atoms with Gasteiger partial charge in [0.15, 0.2) is 0 Å². The molecule has 19 heavy (non-hydrogen) atoms. The van der Waals surface area contributed by atoms with Gasteiger partial charge in [0, 0.05) is 49.6 Å². The Bertz CT molecular complexity index is 384. The summed E-state index contributed by atoms with van der Waals surface area (Å²) in [5.41, 5.74) is 2.36. The van der Waals surface area contributed by atoms with Crippen molar-refractivity contribution in [3.8, 4) is 0 Å². The first kappa shape index (κ1) is 16.3. The van der Waals surface area contributed by atoms with Crippen molar-refractivity contribution in [2.24, 2.45) is 0 Å². The van der Waals surface area contributed by atoms with E-state index in [1.165, 1.54) is 5.69 Å². The van der Waals surface area contributed by atoms with Crippen LogP contribution in [0.25, 0.3) is 0 Å². The molecule has 0 aliphatic heterocycles. The molecule has 4 heteroatoms. The van der Waals surface area contributed by atoms with Crippen LogP contribution >= 0.6 is 11.6 Å². The van der Waals surface area contributed by atoms with Crippen molar-refractivity contribution in [3.05, 3.63) is 28.8 Å². The van der Waals surface area contributed by atoms with Crippen molar-refractivity contribution in [1.29, 1.82) is 0 Å². The highest BCUT2D eigenvalue weighted by atomic mass is 35.5. The van der Waals surface area contributed by atoms with Crippen molar-refractivity contribution in [2.45, 2.75) is 32.9 Å². The van der Waals surface area contributed by atoms with Gasteiger partial charge in [0.05, 0.1) is 6.61 Å². The highest BCUT2D eigenvalue weighted by Crippen LogP contribution is 2.28. The zero-order chi connectivity index (χ0) is 14.3. The molecule has 3 nitrogen and oxygen atoms in total. The highest BCUT2D eigenvalue weighted by molar-refractivity contribution is 6.31. The second-order valence-electron chi connectivity index (χ2n) is 4.78. The summed E-state index contributed by atoms with van der Waals surface area (Å²) in [5, 5.41) is 4.18. The molecule has 0 heterocycles. The van der Waals surface area contributed by atoms with Gasteiger partial charge in [0.25, 0.3) is 0 Å². The summed E-state index contributed by atoms with van der Waals surface area (Å²) in [7, 11) is 3.83. The lowest BCUT2D eigenvalue weighted by atomic mass is 10.1. The van der Waals surface area contributed by atoms with Gasteiger partial charge < -0.3 is 15.0 Å². The van der Waals surface area contributed by atoms with Crippen LogP contribution in [0.1, 0.15) is 25.8 Å². The first-order chi connectivity index (χ1) is 9.11. The molecule has 0 spiro atoms. The quantitative estimate of drug-likeness (QED) is 0.741. The van der Waals surface area contributed by atoms with E-state index in [0.29, 0.717) is 12.6 Å². The summed E-state index contributed by atoms with van der Waals surface area (Å²) in [6.45, 7) is 6.72. The summed E-state index contributed by atoms with van der Waals surface area (Å²) in [5.74, 6) is 0. The predicted molar refractivity (Wildman–Crippen MR) is 83.2 cm³/mol. The molecular weight excluding hydrogens is 260 g/mol. The Morgan fingerprint density at radius 1 is 1.42 bits per heavy atom. The van der Waals surface area contributed by atoms with Crippen LogP contribution in [0.4, 0.5) is 5.69 Å². The zero-order valence-corrected chi connectivity index (χ0v) is 13.1. The highest BCUT2D eigenvalue weighted by Gasteiger charge is 2.14. The average molecular weight is 285 g/mol. The summed E-state index contributed by atoms with van der Waals surface area (Å²) in [6, 6.07) is 6.58. The van der Waals surface area contributed by atoms with Gasteiger partial charge >= 0.3 is 0 Å². The Hall–Kier alpha value is -0.770. The number of hydrogen-bond acceptors (Lipinski definition) is 3. The monoisotopic (exact) mass is 284 g/mol. The fourth-order valence-electron chi connectivity index (χ4n) is 1.95. The molecule has 0 fully saturated rings. The Morgan fingerprint density at radius 2 is 2.16 bits per heavy atom. The second kappa shape index (κ2) is 8.41. The van der Waals surface area contributed by atoms with Crippen LogP contribution < -0.4 is 10.2 Å². The number of halogens is 1. The zero-order valence-electron chi connectivity index (χ0n) is 12.4. The number of anilines is 1. The van der Waals surface area contributed by atoms with Crippen LogP contribution in [0.15, 0.2) is 18.2 Å². The lowest BCUT2D eigenvalue weighted by Gasteiger charge is -2.29. The number of nitrogens with zero attached hydrogens (tertiary/aromatic N) is 1. The van der Waals surface area contributed by atoms with Gasteiger partial charge in [-0.15, -0.1) is 0 Å². The minimum absolute atomic E-state index is 0.496. The standard InChI is InChI=1S/C15H25ClN2O/c1-5-12(2)18(3)15-8-6-7-14(16)13(15)11-17-9-10-19-4/h6-8,12,17H,5,9-11H2,1-4H3. The maximum absolute atomic E-state index is 6.34. The van der Waals surface area contributed by atoms with Crippen molar-refractivity contribution in [2.75, 3.05) is 32.2 Å². The summed E-state index contributed by atoms with van der Waals surface area (Å²) in [6.07, 6.45) is 1.11. The van der Waals surface area contributed by atoms with Gasteiger partial charge in [-0.1, -0.05) is 24.6 Å². The number of ether oxygens (including phenoxy) is 1. The third kappa shape index (κ3) is 4.68. The maximum atomic E-state index is 6.34. The van der Waals surface area contributed by atoms with Crippen LogP contribution in [0.3, 0.4) is 0 Å². The number of methoxy groups -OCH3 is 1. The lowest BCUT2D eigenvalue weighted by molar-refractivity contribution is 0.199. The molecule has 108 valence electrons. The summed E-state index contributed by atoms with van der Waals surface area (Å²) >= 11 is 6.34. The Balaban J connectivity index is 2.82. The number of hydrogen-bond donors (Lipinski definition) is 1. The van der Waals surface area contributed by atoms with E-state index in [4.69, 9.17) is 16.3 Å². The van der Waals surface area contributed by atoms with Crippen molar-refractivity contribution < 1.29 is 4.74 Å². The van der Waals surface area contributed by atoms with Gasteiger partial charge in [0.2, 0.25) is 0 Å². The first-order valence-electron chi connectivity index (χ1n) is 6.81. The number of rotatable bonds is 8. The lowest BCUT2D eigenvalue weighted by Crippen LogP contribution is -2.30. The molecule has 1 unspecified atom stereocenters. The Labute approximate surface area is 121 Å². The normalized spacial score (nSPS) is 12.5. The van der Waals surface area contributed by atoms with Gasteiger partial charge in [-0.3, -0.25) is 0 Å². The molecular formula is C15H25ClN2O. The maximum Gasteiger partial charge on any atom is 0.0587 e. The molecule has 1 rings (SSSR count). The van der Waals surface area contributed by atoms with E-state index in [1.54, 1.807) is 7.11 Å². The Morgan fingerprint density at radius 3 is 2.79 bits per heavy atom. The topological polar surface area (TPSA) is 24.5 Å². The Kier molecular flexibility index (Phi) is 7.21. The molecule has 1 aromatic carbocycles. The molecule has 0 aliphatic rings. The third-order valence-electron chi connectivity index (χ3n) is 3.51. The van der Waals surface area contributed by atoms with Crippen molar-refractivity contribution in [3.63, 3.8) is 0 Å². The number of benzene rings is 1. The first-order valence-corrected chi connectivity index (χ1v) is 7.19. The van der Waals surface area contributed by atoms with Crippen LogP contribution in [0.5, 0.6) is 0 Å². The summed E-state index contributed by atoms with van der Waals surface area (Å²) in [4.78, 5) is 2.29. The van der Waals surface area contributed by atoms with Gasteiger partial charge in [-0.05, 0) is 25.5 Å². The third-order valence-corrected chi connectivity index (χ3v) is 3.86. The second-order valence-corrected chi connectivity index (χ2v) is 5.18. The predicted octanol–water partition coefficient (Wildman–Crippen LogP) is 3.31. The molecule has 0 saturated heterocycles. The molecule has 0 saturated carbocycles. The SMILES string of the molecule is CCC(C)N(C)c1cccc(Cl)c1CNCCOC. The number of nitrogens with one attached hydrogen (secondary N) is 1. The minimum Gasteiger partial charge on any atom is -0.383 e. The largest absolute Gasteiger partial charge is 0.383 e. The smallest absolute Gasteiger partial charge is 0.0587 e. The molecule has 0 bridgehead atoms. The minimum atomic E-state index is 0.496. The van der Waals surface area contributed by atoms with E-state index in [-0.39, 0.29) is 0 Å².